The second kappa shape index (κ2) is 7.00. The molecule has 0 atom stereocenters. The van der Waals surface area contributed by atoms with Gasteiger partial charge in [-0.2, -0.15) is 13.2 Å². The molecule has 0 aliphatic carbocycles. The van der Waals surface area contributed by atoms with Gasteiger partial charge < -0.3 is 5.32 Å². The summed E-state index contributed by atoms with van der Waals surface area (Å²) < 4.78 is 38.7. The summed E-state index contributed by atoms with van der Waals surface area (Å²) in [6, 6.07) is 7.23. The van der Waals surface area contributed by atoms with E-state index in [9.17, 15) is 13.2 Å². The summed E-state index contributed by atoms with van der Waals surface area (Å²) in [4.78, 5) is 4.77. The molecule has 2 nitrogen and oxygen atoms in total. The Kier molecular flexibility index (Phi) is 5.54. The largest absolute Gasteiger partial charge is 0.434 e. The molecule has 0 saturated heterocycles. The number of halogens is 4. The van der Waals surface area contributed by atoms with Crippen molar-refractivity contribution in [1.29, 1.82) is 0 Å². The number of hydrogen-bond acceptors (Lipinski definition) is 4. The number of alkyl halides is 3. The minimum atomic E-state index is -4.42. The first kappa shape index (κ1) is 16.6. The van der Waals surface area contributed by atoms with E-state index in [2.05, 4.69) is 10.3 Å². The lowest BCUT2D eigenvalue weighted by Gasteiger charge is -2.04. The summed E-state index contributed by atoms with van der Waals surface area (Å²) in [7, 11) is 1.61. The predicted molar refractivity (Wildman–Crippen MR) is 80.9 cm³/mol. The Labute approximate surface area is 133 Å². The first-order valence-electron chi connectivity index (χ1n) is 5.99. The number of rotatable bonds is 5. The van der Waals surface area contributed by atoms with Crippen LogP contribution >= 0.6 is 34.7 Å². The number of hydrogen-bond donors (Lipinski definition) is 1. The predicted octanol–water partition coefficient (Wildman–Crippen LogP) is 4.83. The third-order valence-electron chi connectivity index (χ3n) is 2.54. The smallest absolute Gasteiger partial charge is 0.315 e. The maximum atomic E-state index is 12.9. The molecule has 2 rings (SSSR count). The van der Waals surface area contributed by atoms with Gasteiger partial charge in [-0.15, -0.1) is 23.1 Å². The van der Waals surface area contributed by atoms with Gasteiger partial charge in [0.15, 0.2) is 5.69 Å². The van der Waals surface area contributed by atoms with Crippen LogP contribution in [0, 0.1) is 0 Å². The van der Waals surface area contributed by atoms with Crippen molar-refractivity contribution in [2.45, 2.75) is 23.4 Å². The monoisotopic (exact) mass is 352 g/mol. The van der Waals surface area contributed by atoms with E-state index in [0.717, 1.165) is 16.2 Å². The second-order valence-corrected chi connectivity index (χ2v) is 6.72. The summed E-state index contributed by atoms with van der Waals surface area (Å²) in [5.41, 5.74) is -0.795. The molecule has 114 valence electrons. The van der Waals surface area contributed by atoms with Crippen molar-refractivity contribution < 1.29 is 13.2 Å². The number of nitrogens with one attached hydrogen (secondary N) is 1. The average Bonchev–Trinajstić information content (AvgIpc) is 2.81. The van der Waals surface area contributed by atoms with Gasteiger partial charge in [0.05, 0.1) is 15.7 Å². The Hall–Kier alpha value is -0.760. The quantitative estimate of drug-likeness (QED) is 0.780. The van der Waals surface area contributed by atoms with Crippen molar-refractivity contribution in [3.05, 3.63) is 44.9 Å². The Morgan fingerprint density at radius 1 is 1.33 bits per heavy atom. The van der Waals surface area contributed by atoms with Gasteiger partial charge in [-0.1, -0.05) is 23.7 Å². The van der Waals surface area contributed by atoms with Crippen LogP contribution in [0.15, 0.2) is 29.2 Å². The third-order valence-corrected chi connectivity index (χ3v) is 5.30. The Balaban J connectivity index is 2.16. The Bertz CT molecular complexity index is 614. The molecule has 0 aliphatic rings. The van der Waals surface area contributed by atoms with E-state index >= 15 is 0 Å². The average molecular weight is 353 g/mol. The maximum Gasteiger partial charge on any atom is 0.434 e. The normalized spacial score (nSPS) is 11.9. The molecular weight excluding hydrogens is 341 g/mol. The number of benzene rings is 1. The van der Waals surface area contributed by atoms with E-state index in [1.807, 2.05) is 18.2 Å². The van der Waals surface area contributed by atoms with Crippen LogP contribution < -0.4 is 5.32 Å². The highest BCUT2D eigenvalue weighted by Crippen LogP contribution is 2.37. The number of aromatic nitrogens is 1. The van der Waals surface area contributed by atoms with Gasteiger partial charge in [0.2, 0.25) is 0 Å². The molecule has 0 saturated carbocycles. The zero-order valence-electron chi connectivity index (χ0n) is 11.0. The van der Waals surface area contributed by atoms with E-state index < -0.39 is 11.9 Å². The first-order valence-corrected chi connectivity index (χ1v) is 8.17. The van der Waals surface area contributed by atoms with Gasteiger partial charge in [0.1, 0.15) is 5.01 Å². The van der Waals surface area contributed by atoms with E-state index in [0.29, 0.717) is 15.8 Å². The van der Waals surface area contributed by atoms with E-state index in [4.69, 9.17) is 11.6 Å². The lowest BCUT2D eigenvalue weighted by Crippen LogP contribution is -2.12. The molecule has 8 heteroatoms. The van der Waals surface area contributed by atoms with Gasteiger partial charge in [-0.25, -0.2) is 4.98 Å². The first-order chi connectivity index (χ1) is 9.91. The fraction of sp³-hybridized carbons (Fsp3) is 0.308. The molecule has 0 aliphatic heterocycles. The zero-order chi connectivity index (χ0) is 15.5. The minimum absolute atomic E-state index is 0.156. The van der Waals surface area contributed by atoms with Crippen molar-refractivity contribution in [2.75, 3.05) is 7.05 Å². The number of thiazole rings is 1. The zero-order valence-corrected chi connectivity index (χ0v) is 13.4. The molecule has 0 amide bonds. The molecule has 1 heterocycles. The Morgan fingerprint density at radius 3 is 2.67 bits per heavy atom. The van der Waals surface area contributed by atoms with Crippen molar-refractivity contribution in [2.24, 2.45) is 0 Å². The molecular formula is C13H12ClF3N2S2. The van der Waals surface area contributed by atoms with Gasteiger partial charge in [0.25, 0.3) is 0 Å². The highest BCUT2D eigenvalue weighted by molar-refractivity contribution is 7.98. The summed E-state index contributed by atoms with van der Waals surface area (Å²) in [5.74, 6) is 0.362. The number of nitrogens with zero attached hydrogens (tertiary/aromatic N) is 1. The second-order valence-electron chi connectivity index (χ2n) is 4.13. The fourth-order valence-electron chi connectivity index (χ4n) is 1.67. The summed E-state index contributed by atoms with van der Waals surface area (Å²) in [6.45, 7) is 0.156. The molecule has 21 heavy (non-hydrogen) atoms. The molecule has 1 aromatic heterocycles. The van der Waals surface area contributed by atoms with Gasteiger partial charge >= 0.3 is 6.18 Å². The molecule has 1 aromatic carbocycles. The molecule has 0 fully saturated rings. The van der Waals surface area contributed by atoms with Crippen LogP contribution in [-0.2, 0) is 18.5 Å². The SMILES string of the molecule is CNCc1sc(CSc2ccccc2Cl)nc1C(F)(F)F. The van der Waals surface area contributed by atoms with Gasteiger partial charge in [-0.05, 0) is 19.2 Å². The van der Waals surface area contributed by atoms with Gasteiger partial charge in [-0.3, -0.25) is 0 Å². The van der Waals surface area contributed by atoms with Crippen LogP contribution in [0.25, 0.3) is 0 Å². The Morgan fingerprint density at radius 2 is 2.05 bits per heavy atom. The van der Waals surface area contributed by atoms with Gasteiger partial charge in [0, 0.05) is 11.4 Å². The third kappa shape index (κ3) is 4.35. The van der Waals surface area contributed by atoms with Crippen molar-refractivity contribution in [3.63, 3.8) is 0 Å². The van der Waals surface area contributed by atoms with Crippen LogP contribution in [0.1, 0.15) is 15.6 Å². The number of thioether (sulfide) groups is 1. The standard InChI is InChI=1S/C13H12ClF3N2S2/c1-18-6-10-12(13(15,16)17)19-11(21-10)7-20-9-5-3-2-4-8(9)14/h2-5,18H,6-7H2,1H3. The highest BCUT2D eigenvalue weighted by atomic mass is 35.5. The highest BCUT2D eigenvalue weighted by Gasteiger charge is 2.37. The molecule has 0 unspecified atom stereocenters. The van der Waals surface area contributed by atoms with Crippen molar-refractivity contribution in [3.8, 4) is 0 Å². The minimum Gasteiger partial charge on any atom is -0.315 e. The van der Waals surface area contributed by atoms with E-state index in [-0.39, 0.29) is 11.4 Å². The van der Waals surface area contributed by atoms with Crippen molar-refractivity contribution in [1.82, 2.24) is 10.3 Å². The molecule has 2 aromatic rings. The van der Waals surface area contributed by atoms with Crippen LogP contribution in [0.4, 0.5) is 13.2 Å². The summed E-state index contributed by atoms with van der Waals surface area (Å²) in [6.07, 6.45) is -4.42. The molecule has 1 N–H and O–H groups in total. The molecule has 0 bridgehead atoms. The van der Waals surface area contributed by atoms with Crippen LogP contribution in [0.3, 0.4) is 0 Å². The molecule has 0 radical (unpaired) electrons. The summed E-state index contributed by atoms with van der Waals surface area (Å²) in [5, 5.41) is 3.77. The van der Waals surface area contributed by atoms with E-state index in [1.165, 1.54) is 11.8 Å². The van der Waals surface area contributed by atoms with Crippen molar-refractivity contribution >= 4 is 34.7 Å². The maximum absolute atomic E-state index is 12.9. The fourth-order valence-corrected chi connectivity index (χ4v) is 4.00. The lowest BCUT2D eigenvalue weighted by atomic mass is 10.3. The lowest BCUT2D eigenvalue weighted by molar-refractivity contribution is -0.141. The van der Waals surface area contributed by atoms with Crippen LogP contribution in [-0.4, -0.2) is 12.0 Å². The van der Waals surface area contributed by atoms with E-state index in [1.54, 1.807) is 13.1 Å². The van der Waals surface area contributed by atoms with Crippen LogP contribution in [0.2, 0.25) is 5.02 Å². The summed E-state index contributed by atoms with van der Waals surface area (Å²) >= 11 is 8.48. The molecule has 0 spiro atoms. The van der Waals surface area contributed by atoms with Crippen LogP contribution in [0.5, 0.6) is 0 Å². The topological polar surface area (TPSA) is 24.9 Å².